The van der Waals surface area contributed by atoms with Gasteiger partial charge in [-0.1, -0.05) is 29.8 Å². The Balaban J connectivity index is 2.22. The summed E-state index contributed by atoms with van der Waals surface area (Å²) in [7, 11) is 0. The topological polar surface area (TPSA) is 52.3 Å². The van der Waals surface area contributed by atoms with Gasteiger partial charge < -0.3 is 10.5 Å². The zero-order valence-corrected chi connectivity index (χ0v) is 11.3. The lowest BCUT2D eigenvalue weighted by molar-refractivity contribution is 0.0998. The first-order chi connectivity index (χ1) is 8.59. The normalized spacial score (nSPS) is 12.1. The minimum atomic E-state index is -0.480. The first kappa shape index (κ1) is 12.9. The summed E-state index contributed by atoms with van der Waals surface area (Å²) in [6, 6.07) is 9.18. The monoisotopic (exact) mass is 281 g/mol. The van der Waals surface area contributed by atoms with Crippen LogP contribution in [0, 0.1) is 0 Å². The molecule has 0 radical (unpaired) electrons. The molecule has 2 rings (SSSR count). The summed E-state index contributed by atoms with van der Waals surface area (Å²) in [6.07, 6.45) is -0.244. The van der Waals surface area contributed by atoms with E-state index in [9.17, 15) is 4.79 Å². The Morgan fingerprint density at radius 1 is 1.39 bits per heavy atom. The van der Waals surface area contributed by atoms with E-state index in [0.29, 0.717) is 15.6 Å². The highest BCUT2D eigenvalue weighted by Crippen LogP contribution is 2.31. The largest absolute Gasteiger partial charge is 0.484 e. The Morgan fingerprint density at radius 3 is 2.78 bits per heavy atom. The van der Waals surface area contributed by atoms with Crippen LogP contribution >= 0.6 is 22.9 Å². The van der Waals surface area contributed by atoms with E-state index in [0.717, 1.165) is 5.56 Å². The molecule has 18 heavy (non-hydrogen) atoms. The molecule has 5 heteroatoms. The highest BCUT2D eigenvalue weighted by Gasteiger charge is 2.16. The first-order valence-corrected chi connectivity index (χ1v) is 6.63. The van der Waals surface area contributed by atoms with Crippen LogP contribution < -0.4 is 10.5 Å². The SMILES string of the molecule is C[C@@H](Oc1ccsc1C(N)=O)c1ccccc1Cl. The number of rotatable bonds is 4. The van der Waals surface area contributed by atoms with Crippen molar-refractivity contribution in [2.24, 2.45) is 5.73 Å². The van der Waals surface area contributed by atoms with Gasteiger partial charge in [-0.15, -0.1) is 11.3 Å². The molecule has 0 fully saturated rings. The fraction of sp³-hybridized carbons (Fsp3) is 0.154. The van der Waals surface area contributed by atoms with Crippen LogP contribution in [0.4, 0.5) is 0 Å². The summed E-state index contributed by atoms with van der Waals surface area (Å²) in [5.74, 6) is 0.0197. The van der Waals surface area contributed by atoms with E-state index in [1.54, 1.807) is 17.5 Å². The molecule has 0 aliphatic carbocycles. The molecule has 0 spiro atoms. The summed E-state index contributed by atoms with van der Waals surface area (Å²) in [4.78, 5) is 11.6. The lowest BCUT2D eigenvalue weighted by Gasteiger charge is -2.16. The molecule has 0 saturated carbocycles. The second-order valence-corrected chi connectivity index (χ2v) is 5.08. The van der Waals surface area contributed by atoms with Gasteiger partial charge in [0.05, 0.1) is 0 Å². The smallest absolute Gasteiger partial charge is 0.262 e. The predicted octanol–water partition coefficient (Wildman–Crippen LogP) is 3.64. The van der Waals surface area contributed by atoms with Gasteiger partial charge in [0.1, 0.15) is 16.7 Å². The van der Waals surface area contributed by atoms with E-state index in [2.05, 4.69) is 0 Å². The molecule has 0 saturated heterocycles. The predicted molar refractivity (Wildman–Crippen MR) is 73.3 cm³/mol. The third kappa shape index (κ3) is 2.66. The van der Waals surface area contributed by atoms with Crippen molar-refractivity contribution in [3.05, 3.63) is 51.2 Å². The number of hydrogen-bond donors (Lipinski definition) is 1. The number of thiophene rings is 1. The van der Waals surface area contributed by atoms with Gasteiger partial charge in [-0.2, -0.15) is 0 Å². The molecule has 94 valence electrons. The van der Waals surface area contributed by atoms with Crippen molar-refractivity contribution < 1.29 is 9.53 Å². The number of benzene rings is 1. The molecular weight excluding hydrogens is 270 g/mol. The molecule has 1 aromatic heterocycles. The van der Waals surface area contributed by atoms with Crippen LogP contribution in [-0.2, 0) is 0 Å². The number of nitrogens with two attached hydrogens (primary N) is 1. The number of primary amides is 1. The quantitative estimate of drug-likeness (QED) is 0.930. The van der Waals surface area contributed by atoms with E-state index in [1.807, 2.05) is 25.1 Å². The van der Waals surface area contributed by atoms with Gasteiger partial charge in [0.15, 0.2) is 0 Å². The van der Waals surface area contributed by atoms with Crippen LogP contribution in [0.25, 0.3) is 0 Å². The minimum Gasteiger partial charge on any atom is -0.484 e. The van der Waals surface area contributed by atoms with Crippen LogP contribution in [0.15, 0.2) is 35.7 Å². The molecule has 1 amide bonds. The average Bonchev–Trinajstić information content (AvgIpc) is 2.77. The summed E-state index contributed by atoms with van der Waals surface area (Å²) >= 11 is 7.36. The van der Waals surface area contributed by atoms with Gasteiger partial charge >= 0.3 is 0 Å². The fourth-order valence-electron chi connectivity index (χ4n) is 1.63. The number of hydrogen-bond acceptors (Lipinski definition) is 3. The molecule has 2 aromatic rings. The van der Waals surface area contributed by atoms with Crippen molar-refractivity contribution in [3.63, 3.8) is 0 Å². The van der Waals surface area contributed by atoms with Crippen molar-refractivity contribution in [2.75, 3.05) is 0 Å². The van der Waals surface area contributed by atoms with E-state index < -0.39 is 5.91 Å². The molecule has 0 bridgehead atoms. The highest BCUT2D eigenvalue weighted by atomic mass is 35.5. The number of ether oxygens (including phenoxy) is 1. The summed E-state index contributed by atoms with van der Waals surface area (Å²) in [5, 5.41) is 2.41. The number of carbonyl (C=O) groups is 1. The van der Waals surface area contributed by atoms with Crippen molar-refractivity contribution in [1.29, 1.82) is 0 Å². The minimum absolute atomic E-state index is 0.244. The molecule has 0 aliphatic heterocycles. The summed E-state index contributed by atoms with van der Waals surface area (Å²) < 4.78 is 5.74. The Morgan fingerprint density at radius 2 is 2.11 bits per heavy atom. The zero-order chi connectivity index (χ0) is 13.1. The second-order valence-electron chi connectivity index (χ2n) is 3.76. The van der Waals surface area contributed by atoms with E-state index >= 15 is 0 Å². The van der Waals surface area contributed by atoms with Crippen LogP contribution in [0.5, 0.6) is 5.75 Å². The van der Waals surface area contributed by atoms with Crippen LogP contribution in [0.3, 0.4) is 0 Å². The van der Waals surface area contributed by atoms with Crippen LogP contribution in [-0.4, -0.2) is 5.91 Å². The average molecular weight is 282 g/mol. The van der Waals surface area contributed by atoms with Crippen molar-refractivity contribution in [2.45, 2.75) is 13.0 Å². The Bertz CT molecular complexity index is 568. The lowest BCUT2D eigenvalue weighted by Crippen LogP contribution is -2.12. The van der Waals surface area contributed by atoms with Crippen LogP contribution in [0.2, 0.25) is 5.02 Å². The van der Waals surface area contributed by atoms with Gasteiger partial charge in [0, 0.05) is 10.6 Å². The molecule has 0 aliphatic rings. The fourth-order valence-corrected chi connectivity index (χ4v) is 2.59. The maximum atomic E-state index is 11.2. The third-order valence-electron chi connectivity index (χ3n) is 2.50. The highest BCUT2D eigenvalue weighted by molar-refractivity contribution is 7.12. The van der Waals surface area contributed by atoms with E-state index in [1.165, 1.54) is 11.3 Å². The lowest BCUT2D eigenvalue weighted by atomic mass is 10.1. The van der Waals surface area contributed by atoms with E-state index in [4.69, 9.17) is 22.1 Å². The van der Waals surface area contributed by atoms with E-state index in [-0.39, 0.29) is 6.10 Å². The standard InChI is InChI=1S/C13H12ClNO2S/c1-8(9-4-2-3-5-10(9)14)17-11-6-7-18-12(11)13(15)16/h2-8H,1H3,(H2,15,16)/t8-/m1/s1. The van der Waals surface area contributed by atoms with Crippen molar-refractivity contribution in [1.82, 2.24) is 0 Å². The maximum absolute atomic E-state index is 11.2. The molecule has 1 heterocycles. The van der Waals surface area contributed by atoms with Gasteiger partial charge in [0.2, 0.25) is 0 Å². The van der Waals surface area contributed by atoms with Gasteiger partial charge in [-0.05, 0) is 24.4 Å². The second kappa shape index (κ2) is 5.42. The van der Waals surface area contributed by atoms with Gasteiger partial charge in [-0.3, -0.25) is 4.79 Å². The zero-order valence-electron chi connectivity index (χ0n) is 9.72. The molecule has 1 aromatic carbocycles. The Hall–Kier alpha value is -1.52. The molecule has 3 nitrogen and oxygen atoms in total. The Kier molecular flexibility index (Phi) is 3.89. The summed E-state index contributed by atoms with van der Waals surface area (Å²) in [6.45, 7) is 1.88. The Labute approximate surface area is 114 Å². The number of halogens is 1. The molecule has 2 N–H and O–H groups in total. The molecular formula is C13H12ClNO2S. The van der Waals surface area contributed by atoms with Gasteiger partial charge in [0.25, 0.3) is 5.91 Å². The number of carbonyl (C=O) groups excluding carboxylic acids is 1. The molecule has 0 unspecified atom stereocenters. The van der Waals surface area contributed by atoms with Crippen molar-refractivity contribution in [3.8, 4) is 5.75 Å². The third-order valence-corrected chi connectivity index (χ3v) is 3.75. The van der Waals surface area contributed by atoms with Gasteiger partial charge in [-0.25, -0.2) is 0 Å². The van der Waals surface area contributed by atoms with Crippen LogP contribution in [0.1, 0.15) is 28.3 Å². The van der Waals surface area contributed by atoms with Crippen molar-refractivity contribution >= 4 is 28.8 Å². The maximum Gasteiger partial charge on any atom is 0.262 e. The first-order valence-electron chi connectivity index (χ1n) is 5.38. The molecule has 1 atom stereocenters. The number of amides is 1. The summed E-state index contributed by atoms with van der Waals surface area (Å²) in [5.41, 5.74) is 6.14.